The Balaban J connectivity index is 1.51. The lowest BCUT2D eigenvalue weighted by Gasteiger charge is -2.38. The van der Waals surface area contributed by atoms with E-state index >= 15 is 0 Å². The number of piperidine rings is 1. The summed E-state index contributed by atoms with van der Waals surface area (Å²) in [7, 11) is 3.59. The summed E-state index contributed by atoms with van der Waals surface area (Å²) >= 11 is 1.57. The van der Waals surface area contributed by atoms with E-state index in [0.29, 0.717) is 30.6 Å². The molecule has 208 valence electrons. The van der Waals surface area contributed by atoms with Crippen LogP contribution in [-0.2, 0) is 16.5 Å². The number of carbonyl (C=O) groups is 1. The molecule has 5 heterocycles. The standard InChI is InChI=1S/C27H36N8O3S/c1-16(2)35-10-8-20(32-35)21-13-19-22(30-23(31-25(19)39-21)24-28-9-11-33(24)6)29-17-12-18(37-7)15-34(14-17)26(36)38-27(3,4)5/h8-11,13,16-18H,12,14-15H2,1-7H3,(H,29,30,31)/t17-,18+/m0/s1. The third-order valence-corrected chi connectivity index (χ3v) is 7.59. The lowest BCUT2D eigenvalue weighted by atomic mass is 10.0. The van der Waals surface area contributed by atoms with E-state index in [1.807, 2.05) is 55.5 Å². The van der Waals surface area contributed by atoms with Gasteiger partial charge in [-0.2, -0.15) is 5.10 Å². The molecule has 0 spiro atoms. The van der Waals surface area contributed by atoms with Gasteiger partial charge in [-0.15, -0.1) is 11.3 Å². The van der Waals surface area contributed by atoms with Gasteiger partial charge < -0.3 is 24.3 Å². The quantitative estimate of drug-likeness (QED) is 0.357. The Labute approximate surface area is 232 Å². The van der Waals surface area contributed by atoms with Gasteiger partial charge in [0.15, 0.2) is 11.6 Å². The van der Waals surface area contributed by atoms with Crippen LogP contribution in [-0.4, -0.2) is 78.2 Å². The molecule has 12 heteroatoms. The van der Waals surface area contributed by atoms with Gasteiger partial charge in [0.1, 0.15) is 21.9 Å². The number of amides is 1. The topological polar surface area (TPSA) is 112 Å². The van der Waals surface area contributed by atoms with E-state index in [-0.39, 0.29) is 24.3 Å². The van der Waals surface area contributed by atoms with E-state index in [0.717, 1.165) is 27.2 Å². The van der Waals surface area contributed by atoms with Crippen molar-refractivity contribution in [3.05, 3.63) is 30.7 Å². The van der Waals surface area contributed by atoms with Gasteiger partial charge in [-0.05, 0) is 53.2 Å². The largest absolute Gasteiger partial charge is 0.444 e. The fourth-order valence-electron chi connectivity index (χ4n) is 4.59. The molecule has 4 aromatic heterocycles. The van der Waals surface area contributed by atoms with Crippen molar-refractivity contribution in [3.8, 4) is 22.2 Å². The fraction of sp³-hybridized carbons (Fsp3) is 0.519. The van der Waals surface area contributed by atoms with Gasteiger partial charge in [0.05, 0.1) is 22.9 Å². The zero-order valence-corrected chi connectivity index (χ0v) is 24.3. The van der Waals surface area contributed by atoms with Gasteiger partial charge in [-0.1, -0.05) is 0 Å². The highest BCUT2D eigenvalue weighted by Crippen LogP contribution is 2.37. The molecule has 1 aliphatic rings. The number of hydrogen-bond donors (Lipinski definition) is 1. The summed E-state index contributed by atoms with van der Waals surface area (Å²) in [6.45, 7) is 10.8. The molecular weight excluding hydrogens is 516 g/mol. The van der Waals surface area contributed by atoms with Crippen LogP contribution in [0, 0.1) is 0 Å². The molecule has 0 aliphatic carbocycles. The zero-order valence-electron chi connectivity index (χ0n) is 23.5. The molecule has 0 unspecified atom stereocenters. The van der Waals surface area contributed by atoms with Crippen LogP contribution in [0.2, 0.25) is 0 Å². The second kappa shape index (κ2) is 10.6. The Bertz CT molecular complexity index is 1470. The number of methoxy groups -OCH3 is 1. The maximum Gasteiger partial charge on any atom is 0.410 e. The maximum atomic E-state index is 12.9. The van der Waals surface area contributed by atoms with Crippen LogP contribution in [0.4, 0.5) is 10.6 Å². The molecule has 1 saturated heterocycles. The average molecular weight is 553 g/mol. The molecule has 39 heavy (non-hydrogen) atoms. The lowest BCUT2D eigenvalue weighted by molar-refractivity contribution is -0.00874. The number of thiophene rings is 1. The van der Waals surface area contributed by atoms with E-state index in [2.05, 4.69) is 30.2 Å². The molecule has 0 aromatic carbocycles. The zero-order chi connectivity index (χ0) is 27.9. The molecule has 1 amide bonds. The Morgan fingerprint density at radius 2 is 2.00 bits per heavy atom. The average Bonchev–Trinajstić information content (AvgIpc) is 3.62. The van der Waals surface area contributed by atoms with E-state index in [1.165, 1.54) is 0 Å². The predicted octanol–water partition coefficient (Wildman–Crippen LogP) is 4.97. The minimum absolute atomic E-state index is 0.105. The first-order valence-electron chi connectivity index (χ1n) is 13.1. The molecule has 4 aromatic rings. The number of rotatable bonds is 6. The number of carbonyl (C=O) groups excluding carboxylic acids is 1. The number of nitrogens with zero attached hydrogens (tertiary/aromatic N) is 7. The van der Waals surface area contributed by atoms with Gasteiger partial charge in [0, 0.05) is 51.4 Å². The minimum atomic E-state index is -0.578. The first kappa shape index (κ1) is 27.1. The first-order valence-corrected chi connectivity index (χ1v) is 13.9. The summed E-state index contributed by atoms with van der Waals surface area (Å²) in [4.78, 5) is 30.7. The molecule has 1 fully saturated rings. The number of hydrogen-bond acceptors (Lipinski definition) is 9. The second-order valence-electron chi connectivity index (χ2n) is 11.2. The monoisotopic (exact) mass is 552 g/mol. The highest BCUT2D eigenvalue weighted by atomic mass is 32.1. The fourth-order valence-corrected chi connectivity index (χ4v) is 5.59. The molecule has 2 atom stereocenters. The van der Waals surface area contributed by atoms with Gasteiger partial charge in [-0.25, -0.2) is 19.7 Å². The Morgan fingerprint density at radius 1 is 1.21 bits per heavy atom. The van der Waals surface area contributed by atoms with Crippen LogP contribution in [0.15, 0.2) is 30.7 Å². The van der Waals surface area contributed by atoms with E-state index in [9.17, 15) is 4.79 Å². The van der Waals surface area contributed by atoms with Crippen LogP contribution in [0.1, 0.15) is 47.1 Å². The van der Waals surface area contributed by atoms with Crippen molar-refractivity contribution in [2.24, 2.45) is 7.05 Å². The summed E-state index contributed by atoms with van der Waals surface area (Å²) in [5.41, 5.74) is 0.315. The van der Waals surface area contributed by atoms with Gasteiger partial charge in [-0.3, -0.25) is 4.68 Å². The van der Waals surface area contributed by atoms with Crippen molar-refractivity contribution < 1.29 is 14.3 Å². The van der Waals surface area contributed by atoms with Crippen molar-refractivity contribution >= 4 is 33.5 Å². The van der Waals surface area contributed by atoms with Crippen LogP contribution in [0.5, 0.6) is 0 Å². The molecule has 1 aliphatic heterocycles. The van der Waals surface area contributed by atoms with Crippen molar-refractivity contribution in [1.82, 2.24) is 34.2 Å². The molecule has 11 nitrogen and oxygen atoms in total. The summed E-state index contributed by atoms with van der Waals surface area (Å²) < 4.78 is 15.2. The van der Waals surface area contributed by atoms with E-state index in [1.54, 1.807) is 29.5 Å². The number of nitrogens with one attached hydrogen (secondary N) is 1. The summed E-state index contributed by atoms with van der Waals surface area (Å²) in [5.74, 6) is 1.89. The van der Waals surface area contributed by atoms with Crippen molar-refractivity contribution in [1.29, 1.82) is 0 Å². The number of aromatic nitrogens is 6. The number of aryl methyl sites for hydroxylation is 1. The number of ether oxygens (including phenoxy) is 2. The second-order valence-corrected chi connectivity index (χ2v) is 12.2. The SMILES string of the molecule is CO[C@@H]1C[C@H](Nc2nc(-c3nccn3C)nc3sc(-c4ccn(C(C)C)n4)cc23)CN(C(=O)OC(C)(C)C)C1. The van der Waals surface area contributed by atoms with Crippen LogP contribution >= 0.6 is 11.3 Å². The molecule has 0 bridgehead atoms. The highest BCUT2D eigenvalue weighted by molar-refractivity contribution is 7.21. The number of likely N-dealkylation sites (tertiary alicyclic amines) is 1. The Hall–Kier alpha value is -3.51. The number of fused-ring (bicyclic) bond motifs is 1. The Kier molecular flexibility index (Phi) is 7.34. The summed E-state index contributed by atoms with van der Waals surface area (Å²) in [6.07, 6.45) is 5.83. The van der Waals surface area contributed by atoms with Crippen LogP contribution in [0.3, 0.4) is 0 Å². The number of imidazole rings is 1. The van der Waals surface area contributed by atoms with Gasteiger partial charge in [0.25, 0.3) is 0 Å². The summed E-state index contributed by atoms with van der Waals surface area (Å²) in [6, 6.07) is 4.27. The third-order valence-electron chi connectivity index (χ3n) is 6.54. The normalized spacial score (nSPS) is 18.2. The first-order chi connectivity index (χ1) is 18.5. The smallest absolute Gasteiger partial charge is 0.410 e. The van der Waals surface area contributed by atoms with E-state index < -0.39 is 5.60 Å². The van der Waals surface area contributed by atoms with Crippen molar-refractivity contribution in [3.63, 3.8) is 0 Å². The molecular formula is C27H36N8O3S. The van der Waals surface area contributed by atoms with Crippen LogP contribution < -0.4 is 5.32 Å². The molecule has 1 N–H and O–H groups in total. The summed E-state index contributed by atoms with van der Waals surface area (Å²) in [5, 5.41) is 9.26. The van der Waals surface area contributed by atoms with E-state index in [4.69, 9.17) is 24.5 Å². The third kappa shape index (κ3) is 5.91. The Morgan fingerprint density at radius 3 is 2.64 bits per heavy atom. The lowest BCUT2D eigenvalue weighted by Crippen LogP contribution is -2.52. The highest BCUT2D eigenvalue weighted by Gasteiger charge is 2.33. The maximum absolute atomic E-state index is 12.9. The predicted molar refractivity (Wildman–Crippen MR) is 152 cm³/mol. The minimum Gasteiger partial charge on any atom is -0.444 e. The van der Waals surface area contributed by atoms with Gasteiger partial charge >= 0.3 is 6.09 Å². The molecule has 5 rings (SSSR count). The van der Waals surface area contributed by atoms with Crippen molar-refractivity contribution in [2.45, 2.75) is 64.8 Å². The van der Waals surface area contributed by atoms with Crippen LogP contribution in [0.25, 0.3) is 32.4 Å². The van der Waals surface area contributed by atoms with Gasteiger partial charge in [0.2, 0.25) is 0 Å². The molecule has 0 saturated carbocycles. The number of anilines is 1. The van der Waals surface area contributed by atoms with Crippen molar-refractivity contribution in [2.75, 3.05) is 25.5 Å². The molecule has 0 radical (unpaired) electrons.